The van der Waals surface area contributed by atoms with Gasteiger partial charge in [-0.15, -0.1) is 0 Å². The first kappa shape index (κ1) is 12.2. The van der Waals surface area contributed by atoms with Gasteiger partial charge in [-0.2, -0.15) is 5.10 Å². The van der Waals surface area contributed by atoms with E-state index >= 15 is 0 Å². The molecule has 1 heterocycles. The Labute approximate surface area is 90.6 Å². The summed E-state index contributed by atoms with van der Waals surface area (Å²) in [4.78, 5) is 0. The summed E-state index contributed by atoms with van der Waals surface area (Å²) >= 11 is 0. The zero-order chi connectivity index (χ0) is 11.5. The highest BCUT2D eigenvalue weighted by Gasteiger charge is 2.32. The predicted molar refractivity (Wildman–Crippen MR) is 59.0 cm³/mol. The molecule has 15 heavy (non-hydrogen) atoms. The highest BCUT2D eigenvalue weighted by molar-refractivity contribution is 5.11. The number of nitrogens with one attached hydrogen (secondary N) is 1. The highest BCUT2D eigenvalue weighted by Crippen LogP contribution is 2.27. The van der Waals surface area contributed by atoms with Crippen molar-refractivity contribution < 1.29 is 4.74 Å². The van der Waals surface area contributed by atoms with Gasteiger partial charge >= 0.3 is 0 Å². The van der Waals surface area contributed by atoms with Gasteiger partial charge in [0.1, 0.15) is 0 Å². The van der Waals surface area contributed by atoms with Gasteiger partial charge in [0.05, 0.1) is 17.3 Å². The normalized spacial score (nSPS) is 14.2. The van der Waals surface area contributed by atoms with Crippen LogP contribution in [-0.4, -0.2) is 22.0 Å². The van der Waals surface area contributed by atoms with Gasteiger partial charge in [-0.05, 0) is 26.8 Å². The van der Waals surface area contributed by atoms with E-state index in [9.17, 15) is 0 Å². The van der Waals surface area contributed by atoms with Crippen molar-refractivity contribution >= 4 is 0 Å². The molecule has 0 spiro atoms. The molecule has 5 heteroatoms. The number of nitrogens with two attached hydrogens (primary N) is 1. The molecule has 1 rings (SSSR count). The Morgan fingerprint density at radius 1 is 1.67 bits per heavy atom. The topological polar surface area (TPSA) is 65.1 Å². The second kappa shape index (κ2) is 4.74. The van der Waals surface area contributed by atoms with E-state index in [1.54, 1.807) is 10.9 Å². The third kappa shape index (κ3) is 2.56. The second-order valence-corrected chi connectivity index (χ2v) is 4.02. The number of nitrogens with zero attached hydrogens (tertiary/aromatic N) is 2. The standard InChI is InChI=1S/C10H20N4O/c1-5-15-10(2,3)9(13-11)8-6-7-12-14(8)4/h6-7,9,13H,5,11H2,1-4H3. The van der Waals surface area contributed by atoms with Crippen molar-refractivity contribution in [3.63, 3.8) is 0 Å². The fourth-order valence-corrected chi connectivity index (χ4v) is 1.76. The average Bonchev–Trinajstić information content (AvgIpc) is 2.53. The van der Waals surface area contributed by atoms with Gasteiger partial charge in [0.15, 0.2) is 0 Å². The molecule has 0 aromatic carbocycles. The zero-order valence-corrected chi connectivity index (χ0v) is 9.82. The molecule has 5 nitrogen and oxygen atoms in total. The molecule has 1 aromatic rings. The Morgan fingerprint density at radius 3 is 2.73 bits per heavy atom. The highest BCUT2D eigenvalue weighted by atomic mass is 16.5. The van der Waals surface area contributed by atoms with Crippen molar-refractivity contribution in [2.75, 3.05) is 6.61 Å². The average molecular weight is 212 g/mol. The fourth-order valence-electron chi connectivity index (χ4n) is 1.76. The molecule has 1 aromatic heterocycles. The van der Waals surface area contributed by atoms with E-state index < -0.39 is 0 Å². The molecule has 86 valence electrons. The van der Waals surface area contributed by atoms with Crippen LogP contribution in [0.1, 0.15) is 32.5 Å². The second-order valence-electron chi connectivity index (χ2n) is 4.02. The fraction of sp³-hybridized carbons (Fsp3) is 0.700. The summed E-state index contributed by atoms with van der Waals surface area (Å²) in [5.74, 6) is 5.58. The molecule has 0 saturated carbocycles. The summed E-state index contributed by atoms with van der Waals surface area (Å²) < 4.78 is 7.47. The molecule has 0 bridgehead atoms. The van der Waals surface area contributed by atoms with Crippen LogP contribution >= 0.6 is 0 Å². The maximum Gasteiger partial charge on any atom is 0.0912 e. The van der Waals surface area contributed by atoms with Crippen LogP contribution in [0.15, 0.2) is 12.3 Å². The molecule has 0 aliphatic heterocycles. The SMILES string of the molecule is CCOC(C)(C)C(NN)c1ccnn1C. The Hall–Kier alpha value is -0.910. The monoisotopic (exact) mass is 212 g/mol. The number of aryl methyl sites for hydroxylation is 1. The third-order valence-electron chi connectivity index (χ3n) is 2.53. The number of rotatable bonds is 5. The van der Waals surface area contributed by atoms with Crippen LogP contribution in [0.4, 0.5) is 0 Å². The summed E-state index contributed by atoms with van der Waals surface area (Å²) in [6.45, 7) is 6.64. The lowest BCUT2D eigenvalue weighted by Crippen LogP contribution is -2.45. The first-order valence-corrected chi connectivity index (χ1v) is 5.11. The quantitative estimate of drug-likeness (QED) is 0.558. The molecular formula is C10H20N4O. The van der Waals surface area contributed by atoms with Crippen molar-refractivity contribution in [3.05, 3.63) is 18.0 Å². The van der Waals surface area contributed by atoms with Gasteiger partial charge in [-0.3, -0.25) is 10.5 Å². The maximum atomic E-state index is 5.68. The molecule has 0 aliphatic rings. The maximum absolute atomic E-state index is 5.68. The summed E-state index contributed by atoms with van der Waals surface area (Å²) in [6.07, 6.45) is 1.75. The Bertz CT molecular complexity index is 308. The molecule has 3 N–H and O–H groups in total. The number of hydrazine groups is 1. The molecule has 0 amide bonds. The van der Waals surface area contributed by atoms with E-state index in [-0.39, 0.29) is 11.6 Å². The summed E-state index contributed by atoms with van der Waals surface area (Å²) in [6, 6.07) is 1.86. The summed E-state index contributed by atoms with van der Waals surface area (Å²) in [5, 5.41) is 4.12. The Morgan fingerprint density at radius 2 is 2.33 bits per heavy atom. The lowest BCUT2D eigenvalue weighted by atomic mass is 9.96. The first-order chi connectivity index (χ1) is 7.03. The van der Waals surface area contributed by atoms with Crippen molar-refractivity contribution in [3.8, 4) is 0 Å². The lowest BCUT2D eigenvalue weighted by Gasteiger charge is -2.33. The van der Waals surface area contributed by atoms with Crippen LogP contribution in [0, 0.1) is 0 Å². The van der Waals surface area contributed by atoms with E-state index in [1.165, 1.54) is 0 Å². The van der Waals surface area contributed by atoms with Crippen LogP contribution in [0.2, 0.25) is 0 Å². The van der Waals surface area contributed by atoms with E-state index in [0.29, 0.717) is 6.61 Å². The number of hydrogen-bond acceptors (Lipinski definition) is 4. The molecular weight excluding hydrogens is 192 g/mol. The minimum Gasteiger partial charge on any atom is -0.374 e. The number of hydrogen-bond donors (Lipinski definition) is 2. The Balaban J connectivity index is 2.93. The molecule has 0 aliphatic carbocycles. The van der Waals surface area contributed by atoms with E-state index in [1.807, 2.05) is 33.9 Å². The van der Waals surface area contributed by atoms with E-state index in [4.69, 9.17) is 10.6 Å². The summed E-state index contributed by atoms with van der Waals surface area (Å²) in [7, 11) is 1.89. The third-order valence-corrected chi connectivity index (χ3v) is 2.53. The Kier molecular flexibility index (Phi) is 3.84. The van der Waals surface area contributed by atoms with Crippen molar-refractivity contribution in [2.24, 2.45) is 12.9 Å². The van der Waals surface area contributed by atoms with Crippen LogP contribution in [0.3, 0.4) is 0 Å². The largest absolute Gasteiger partial charge is 0.374 e. The lowest BCUT2D eigenvalue weighted by molar-refractivity contribution is -0.0411. The van der Waals surface area contributed by atoms with Gasteiger partial charge in [-0.1, -0.05) is 0 Å². The van der Waals surface area contributed by atoms with Crippen molar-refractivity contribution in [1.29, 1.82) is 0 Å². The van der Waals surface area contributed by atoms with Crippen LogP contribution in [0.25, 0.3) is 0 Å². The van der Waals surface area contributed by atoms with Gasteiger partial charge < -0.3 is 4.74 Å². The number of ether oxygens (including phenoxy) is 1. The predicted octanol–water partition coefficient (Wildman–Crippen LogP) is 0.740. The van der Waals surface area contributed by atoms with Crippen molar-refractivity contribution in [2.45, 2.75) is 32.4 Å². The summed E-state index contributed by atoms with van der Waals surface area (Å²) in [5.41, 5.74) is 3.43. The van der Waals surface area contributed by atoms with Crippen LogP contribution in [-0.2, 0) is 11.8 Å². The minimum atomic E-state index is -0.364. The molecule has 1 atom stereocenters. The molecule has 1 unspecified atom stereocenters. The van der Waals surface area contributed by atoms with Crippen LogP contribution < -0.4 is 11.3 Å². The van der Waals surface area contributed by atoms with Crippen molar-refractivity contribution in [1.82, 2.24) is 15.2 Å². The molecule has 0 fully saturated rings. The van der Waals surface area contributed by atoms with E-state index in [2.05, 4.69) is 10.5 Å². The zero-order valence-electron chi connectivity index (χ0n) is 9.82. The van der Waals surface area contributed by atoms with Gasteiger partial charge in [0.25, 0.3) is 0 Å². The first-order valence-electron chi connectivity index (χ1n) is 5.11. The van der Waals surface area contributed by atoms with Gasteiger partial charge in [0.2, 0.25) is 0 Å². The minimum absolute atomic E-state index is 0.0788. The van der Waals surface area contributed by atoms with E-state index in [0.717, 1.165) is 5.69 Å². The number of aromatic nitrogens is 2. The smallest absolute Gasteiger partial charge is 0.0912 e. The molecule has 0 saturated heterocycles. The van der Waals surface area contributed by atoms with Gasteiger partial charge in [0, 0.05) is 19.9 Å². The molecule has 0 radical (unpaired) electrons. The van der Waals surface area contributed by atoms with Gasteiger partial charge in [-0.25, -0.2) is 5.43 Å². The van der Waals surface area contributed by atoms with Crippen LogP contribution in [0.5, 0.6) is 0 Å².